The number of carbonyl (C=O) groups excluding carboxylic acids is 1. The zero-order valence-corrected chi connectivity index (χ0v) is 15.1. The van der Waals surface area contributed by atoms with Crippen LogP contribution in [0.25, 0.3) is 10.8 Å². The Morgan fingerprint density at radius 2 is 2.04 bits per heavy atom. The minimum atomic E-state index is -1.58. The molecule has 0 aromatic heterocycles. The maximum absolute atomic E-state index is 12.7. The van der Waals surface area contributed by atoms with Crippen molar-refractivity contribution < 1.29 is 34.4 Å². The van der Waals surface area contributed by atoms with Crippen LogP contribution in [-0.4, -0.2) is 46.9 Å². The van der Waals surface area contributed by atoms with Gasteiger partial charge in [0.05, 0.1) is 42.8 Å². The third-order valence-electron chi connectivity index (χ3n) is 4.87. The van der Waals surface area contributed by atoms with Gasteiger partial charge >= 0.3 is 5.97 Å². The molecule has 3 rings (SSSR count). The second-order valence-corrected chi connectivity index (χ2v) is 6.73. The molecule has 3 N–H and O–H groups in total. The van der Waals surface area contributed by atoms with E-state index in [1.807, 2.05) is 0 Å². The summed E-state index contributed by atoms with van der Waals surface area (Å²) in [7, 11) is 2.76. The van der Waals surface area contributed by atoms with E-state index in [-0.39, 0.29) is 23.5 Å². The number of phenols is 1. The molecule has 0 spiro atoms. The van der Waals surface area contributed by atoms with Crippen molar-refractivity contribution in [2.75, 3.05) is 14.2 Å². The number of carboxylic acids is 1. The average Bonchev–Trinajstić information content (AvgIpc) is 2.58. The Morgan fingerprint density at radius 3 is 2.63 bits per heavy atom. The number of hydrogen-bond donors (Lipinski definition) is 3. The highest BCUT2D eigenvalue weighted by atomic mass is 16.5. The molecule has 2 aromatic rings. The Hall–Kier alpha value is -3.06. The van der Waals surface area contributed by atoms with Gasteiger partial charge in [-0.25, -0.2) is 4.79 Å². The predicted molar refractivity (Wildman–Crippen MR) is 97.2 cm³/mol. The summed E-state index contributed by atoms with van der Waals surface area (Å²) in [5.74, 6) is -2.48. The number of rotatable bonds is 4. The molecule has 142 valence electrons. The first-order valence-electron chi connectivity index (χ1n) is 8.28. The van der Waals surface area contributed by atoms with Crippen molar-refractivity contribution in [3.8, 4) is 11.5 Å². The zero-order chi connectivity index (χ0) is 19.9. The van der Waals surface area contributed by atoms with Crippen LogP contribution in [0.3, 0.4) is 0 Å². The highest BCUT2D eigenvalue weighted by Gasteiger charge is 2.46. The van der Waals surface area contributed by atoms with Gasteiger partial charge in [-0.2, -0.15) is 0 Å². The van der Waals surface area contributed by atoms with E-state index in [4.69, 9.17) is 14.6 Å². The van der Waals surface area contributed by atoms with Gasteiger partial charge in [0.1, 0.15) is 17.3 Å². The number of carbonyl (C=O) groups is 2. The molecule has 7 nitrogen and oxygen atoms in total. The van der Waals surface area contributed by atoms with Crippen LogP contribution in [0, 0.1) is 0 Å². The van der Waals surface area contributed by atoms with Crippen LogP contribution in [0.15, 0.2) is 36.1 Å². The number of carboxylic acid groups (broad SMARTS) is 1. The lowest BCUT2D eigenvalue weighted by atomic mass is 9.70. The van der Waals surface area contributed by atoms with E-state index in [2.05, 4.69) is 0 Å². The fourth-order valence-corrected chi connectivity index (χ4v) is 3.81. The highest BCUT2D eigenvalue weighted by Crippen LogP contribution is 2.49. The minimum absolute atomic E-state index is 0.0112. The lowest BCUT2D eigenvalue weighted by Crippen LogP contribution is -2.41. The third-order valence-corrected chi connectivity index (χ3v) is 4.87. The van der Waals surface area contributed by atoms with E-state index >= 15 is 0 Å². The largest absolute Gasteiger partial charge is 0.506 e. The summed E-state index contributed by atoms with van der Waals surface area (Å²) in [6.45, 7) is 1.44. The standard InChI is InChI=1S/C20H20O7/c1-20(25)9-12(21)17-11(18(20)14(27-3)8-15(22)23)7-10-5-4-6-13(26-2)16(10)19(17)24/h4-8,18,24-25H,9H2,1-3H3,(H,22,23)/b14-8+/t18-,20+/m1/s1. The summed E-state index contributed by atoms with van der Waals surface area (Å²) in [6, 6.07) is 6.78. The SMILES string of the molecule is CO/C(=C/C(=O)O)[C@H]1c2cc3cccc(OC)c3c(O)c2C(=O)C[C@]1(C)O. The molecule has 7 heteroatoms. The zero-order valence-electron chi connectivity index (χ0n) is 15.1. The van der Waals surface area contributed by atoms with E-state index in [1.165, 1.54) is 21.1 Å². The van der Waals surface area contributed by atoms with Gasteiger partial charge in [0.2, 0.25) is 0 Å². The molecule has 0 amide bonds. The number of methoxy groups -OCH3 is 2. The first-order chi connectivity index (χ1) is 12.7. The van der Waals surface area contributed by atoms with Gasteiger partial charge in [0, 0.05) is 6.42 Å². The number of aliphatic carboxylic acids is 1. The van der Waals surface area contributed by atoms with Crippen molar-refractivity contribution in [2.24, 2.45) is 0 Å². The quantitative estimate of drug-likeness (QED) is 0.558. The number of Topliss-reactive ketones (excluding diaryl/α,β-unsaturated/α-hetero) is 1. The van der Waals surface area contributed by atoms with E-state index in [1.54, 1.807) is 24.3 Å². The van der Waals surface area contributed by atoms with E-state index < -0.39 is 23.3 Å². The number of fused-ring (bicyclic) bond motifs is 2. The number of hydrogen-bond acceptors (Lipinski definition) is 6. The molecule has 2 atom stereocenters. The molecule has 2 aromatic carbocycles. The monoisotopic (exact) mass is 372 g/mol. The van der Waals surface area contributed by atoms with Gasteiger partial charge in [-0.1, -0.05) is 12.1 Å². The van der Waals surface area contributed by atoms with Crippen molar-refractivity contribution in [2.45, 2.75) is 24.9 Å². The van der Waals surface area contributed by atoms with Gasteiger partial charge in [-0.15, -0.1) is 0 Å². The molecular weight excluding hydrogens is 352 g/mol. The van der Waals surface area contributed by atoms with Crippen molar-refractivity contribution in [3.05, 3.63) is 47.2 Å². The van der Waals surface area contributed by atoms with E-state index in [0.29, 0.717) is 22.1 Å². The number of ketones is 1. The van der Waals surface area contributed by atoms with Gasteiger partial charge in [-0.3, -0.25) is 4.79 Å². The normalized spacial score (nSPS) is 22.4. The number of aliphatic hydroxyl groups is 1. The second kappa shape index (κ2) is 6.59. The molecule has 1 aliphatic rings. The summed E-state index contributed by atoms with van der Waals surface area (Å²) >= 11 is 0. The van der Waals surface area contributed by atoms with Crippen LogP contribution in [0.2, 0.25) is 0 Å². The highest BCUT2D eigenvalue weighted by molar-refractivity contribution is 6.09. The molecule has 0 radical (unpaired) electrons. The molecule has 0 fully saturated rings. The number of phenolic OH excluding ortho intramolecular Hbond substituents is 1. The molecule has 0 saturated carbocycles. The first kappa shape index (κ1) is 18.7. The van der Waals surface area contributed by atoms with Crippen molar-refractivity contribution in [1.29, 1.82) is 0 Å². The maximum atomic E-state index is 12.7. The predicted octanol–water partition coefficient (Wildman–Crippen LogP) is 2.59. The fourth-order valence-electron chi connectivity index (χ4n) is 3.81. The summed E-state index contributed by atoms with van der Waals surface area (Å²) in [6.07, 6.45) is 0.560. The van der Waals surface area contributed by atoms with Gasteiger partial charge in [-0.05, 0) is 30.0 Å². The number of aromatic hydroxyl groups is 1. The molecule has 0 bridgehead atoms. The molecule has 1 aliphatic carbocycles. The smallest absolute Gasteiger partial charge is 0.331 e. The third kappa shape index (κ3) is 3.00. The van der Waals surface area contributed by atoms with Gasteiger partial charge < -0.3 is 24.8 Å². The van der Waals surface area contributed by atoms with E-state index in [0.717, 1.165) is 6.08 Å². The van der Waals surface area contributed by atoms with Crippen LogP contribution >= 0.6 is 0 Å². The summed E-state index contributed by atoms with van der Waals surface area (Å²) < 4.78 is 10.5. The second-order valence-electron chi connectivity index (χ2n) is 6.73. The van der Waals surface area contributed by atoms with Crippen molar-refractivity contribution >= 4 is 22.5 Å². The van der Waals surface area contributed by atoms with Crippen LogP contribution in [0.1, 0.15) is 35.2 Å². The lowest BCUT2D eigenvalue weighted by molar-refractivity contribution is -0.131. The van der Waals surface area contributed by atoms with Crippen molar-refractivity contribution in [1.82, 2.24) is 0 Å². The first-order valence-corrected chi connectivity index (χ1v) is 8.28. The Bertz CT molecular complexity index is 972. The Kier molecular flexibility index (Phi) is 4.57. The lowest BCUT2D eigenvalue weighted by Gasteiger charge is -2.38. The summed E-state index contributed by atoms with van der Waals surface area (Å²) in [5, 5.41) is 31.8. The Morgan fingerprint density at radius 1 is 1.33 bits per heavy atom. The average molecular weight is 372 g/mol. The molecule has 27 heavy (non-hydrogen) atoms. The molecule has 0 unspecified atom stereocenters. The van der Waals surface area contributed by atoms with Crippen molar-refractivity contribution in [3.63, 3.8) is 0 Å². The fraction of sp³-hybridized carbons (Fsp3) is 0.300. The van der Waals surface area contributed by atoms with Gasteiger partial charge in [0.25, 0.3) is 0 Å². The molecular formula is C20H20O7. The van der Waals surface area contributed by atoms with Gasteiger partial charge in [0.15, 0.2) is 5.78 Å². The Balaban J connectivity index is 2.39. The molecule has 0 saturated heterocycles. The van der Waals surface area contributed by atoms with Crippen LogP contribution in [0.4, 0.5) is 0 Å². The molecule has 0 aliphatic heterocycles. The maximum Gasteiger partial charge on any atom is 0.331 e. The van der Waals surface area contributed by atoms with Crippen LogP contribution in [0.5, 0.6) is 11.5 Å². The summed E-state index contributed by atoms with van der Waals surface area (Å²) in [4.78, 5) is 23.9. The van der Waals surface area contributed by atoms with E-state index in [9.17, 15) is 19.8 Å². The van der Waals surface area contributed by atoms with Crippen LogP contribution in [-0.2, 0) is 9.53 Å². The molecule has 0 heterocycles. The topological polar surface area (TPSA) is 113 Å². The van der Waals surface area contributed by atoms with Crippen LogP contribution < -0.4 is 4.74 Å². The number of benzene rings is 2. The minimum Gasteiger partial charge on any atom is -0.506 e. The number of ether oxygens (including phenoxy) is 2. The Labute approximate surface area is 155 Å². The summed E-state index contributed by atoms with van der Waals surface area (Å²) in [5.41, 5.74) is -1.24.